The first kappa shape index (κ1) is 14.3. The summed E-state index contributed by atoms with van der Waals surface area (Å²) in [5.74, 6) is 0.698. The van der Waals surface area contributed by atoms with Crippen molar-refractivity contribution in [2.24, 2.45) is 5.92 Å². The molecular weight excluding hydrogens is 216 g/mol. The normalized spacial score (nSPS) is 25.4. The summed E-state index contributed by atoms with van der Waals surface area (Å²) in [6, 6.07) is 0.527. The number of hydrogen-bond donors (Lipinski definition) is 2. The van der Waals surface area contributed by atoms with E-state index in [0.29, 0.717) is 18.5 Å². The van der Waals surface area contributed by atoms with Gasteiger partial charge in [0.25, 0.3) is 0 Å². The molecule has 2 N–H and O–H groups in total. The summed E-state index contributed by atoms with van der Waals surface area (Å²) in [4.78, 5) is 11.4. The summed E-state index contributed by atoms with van der Waals surface area (Å²) >= 11 is 0. The number of hydrogen-bond acceptors (Lipinski definition) is 3. The molecule has 0 aromatic carbocycles. The molecule has 1 aliphatic rings. The van der Waals surface area contributed by atoms with Crippen LogP contribution in [0.15, 0.2) is 0 Å². The third-order valence-corrected chi connectivity index (χ3v) is 3.05. The summed E-state index contributed by atoms with van der Waals surface area (Å²) < 4.78 is 5.18. The fourth-order valence-corrected chi connectivity index (χ4v) is 2.14. The van der Waals surface area contributed by atoms with Gasteiger partial charge in [0.15, 0.2) is 0 Å². The van der Waals surface area contributed by atoms with E-state index in [1.54, 1.807) is 0 Å². The van der Waals surface area contributed by atoms with E-state index in [-0.39, 0.29) is 6.09 Å². The lowest BCUT2D eigenvalue weighted by atomic mass is 9.91. The molecule has 0 bridgehead atoms. The quantitative estimate of drug-likeness (QED) is 0.798. The van der Waals surface area contributed by atoms with Gasteiger partial charge >= 0.3 is 6.09 Å². The molecule has 17 heavy (non-hydrogen) atoms. The number of alkyl carbamates (subject to hydrolysis) is 1. The lowest BCUT2D eigenvalue weighted by Gasteiger charge is -2.30. The topological polar surface area (TPSA) is 50.4 Å². The van der Waals surface area contributed by atoms with E-state index >= 15 is 0 Å². The maximum absolute atomic E-state index is 11.4. The molecular formula is C13H26N2O2. The lowest BCUT2D eigenvalue weighted by Crippen LogP contribution is -2.43. The van der Waals surface area contributed by atoms with Crippen molar-refractivity contribution in [3.63, 3.8) is 0 Å². The molecule has 1 heterocycles. The summed E-state index contributed by atoms with van der Waals surface area (Å²) in [6.45, 7) is 9.66. The van der Waals surface area contributed by atoms with Crippen molar-refractivity contribution in [2.45, 2.75) is 58.6 Å². The SMILES string of the molecule is CC1CCCNC1CCNC(=O)OC(C)(C)C. The lowest BCUT2D eigenvalue weighted by molar-refractivity contribution is 0.0524. The third kappa shape index (κ3) is 5.91. The predicted molar refractivity (Wildman–Crippen MR) is 69.0 cm³/mol. The molecule has 0 aromatic rings. The highest BCUT2D eigenvalue weighted by atomic mass is 16.6. The number of amides is 1. The van der Waals surface area contributed by atoms with Gasteiger partial charge in [-0.25, -0.2) is 4.79 Å². The summed E-state index contributed by atoms with van der Waals surface area (Å²) in [6.07, 6.45) is 3.20. The second-order valence-electron chi connectivity index (χ2n) is 5.90. The van der Waals surface area contributed by atoms with Crippen LogP contribution in [0.4, 0.5) is 4.79 Å². The highest BCUT2D eigenvalue weighted by Gasteiger charge is 2.21. The zero-order valence-electron chi connectivity index (χ0n) is 11.5. The number of rotatable bonds is 3. The molecule has 0 spiro atoms. The van der Waals surface area contributed by atoms with Gasteiger partial charge < -0.3 is 15.4 Å². The van der Waals surface area contributed by atoms with Crippen LogP contribution in [0.2, 0.25) is 0 Å². The van der Waals surface area contributed by atoms with Crippen LogP contribution in [0, 0.1) is 5.92 Å². The number of piperidine rings is 1. The van der Waals surface area contributed by atoms with E-state index in [2.05, 4.69) is 17.6 Å². The summed E-state index contributed by atoms with van der Waals surface area (Å²) in [5, 5.41) is 6.30. The van der Waals surface area contributed by atoms with E-state index in [9.17, 15) is 4.79 Å². The van der Waals surface area contributed by atoms with Gasteiger partial charge in [0.05, 0.1) is 0 Å². The van der Waals surface area contributed by atoms with E-state index in [1.807, 2.05) is 20.8 Å². The van der Waals surface area contributed by atoms with Crippen molar-refractivity contribution in [1.82, 2.24) is 10.6 Å². The minimum absolute atomic E-state index is 0.319. The molecule has 1 fully saturated rings. The molecule has 2 atom stereocenters. The van der Waals surface area contributed by atoms with Crippen molar-refractivity contribution in [1.29, 1.82) is 0 Å². The van der Waals surface area contributed by atoms with Gasteiger partial charge in [-0.1, -0.05) is 6.92 Å². The van der Waals surface area contributed by atoms with Gasteiger partial charge in [-0.15, -0.1) is 0 Å². The largest absolute Gasteiger partial charge is 0.444 e. The number of carbonyl (C=O) groups is 1. The van der Waals surface area contributed by atoms with Crippen LogP contribution < -0.4 is 10.6 Å². The minimum Gasteiger partial charge on any atom is -0.444 e. The van der Waals surface area contributed by atoms with Gasteiger partial charge in [-0.05, 0) is 52.5 Å². The third-order valence-electron chi connectivity index (χ3n) is 3.05. The minimum atomic E-state index is -0.416. The molecule has 1 aliphatic heterocycles. The Morgan fingerprint density at radius 3 is 2.76 bits per heavy atom. The maximum atomic E-state index is 11.4. The number of nitrogens with one attached hydrogen (secondary N) is 2. The van der Waals surface area contributed by atoms with Gasteiger partial charge in [-0.2, -0.15) is 0 Å². The second kappa shape index (κ2) is 6.24. The Bertz CT molecular complexity index is 248. The molecule has 100 valence electrons. The Labute approximate surface area is 104 Å². The summed E-state index contributed by atoms with van der Waals surface area (Å²) in [7, 11) is 0. The monoisotopic (exact) mass is 242 g/mol. The molecule has 2 unspecified atom stereocenters. The molecule has 1 rings (SSSR count). The van der Waals surface area contributed by atoms with E-state index < -0.39 is 5.60 Å². The Hall–Kier alpha value is -0.770. The predicted octanol–water partition coefficient (Wildman–Crippen LogP) is 2.29. The van der Waals surface area contributed by atoms with Crippen molar-refractivity contribution >= 4 is 6.09 Å². The zero-order valence-corrected chi connectivity index (χ0v) is 11.5. The van der Waals surface area contributed by atoms with E-state index in [1.165, 1.54) is 12.8 Å². The average molecular weight is 242 g/mol. The zero-order chi connectivity index (χ0) is 12.9. The van der Waals surface area contributed by atoms with E-state index in [0.717, 1.165) is 13.0 Å². The Morgan fingerprint density at radius 2 is 2.18 bits per heavy atom. The first-order chi connectivity index (χ1) is 7.88. The Kier molecular flexibility index (Phi) is 5.25. The highest BCUT2D eigenvalue weighted by molar-refractivity contribution is 5.67. The van der Waals surface area contributed by atoms with Crippen LogP contribution in [-0.4, -0.2) is 30.8 Å². The molecule has 0 saturated carbocycles. The van der Waals surface area contributed by atoms with Crippen molar-refractivity contribution in [3.8, 4) is 0 Å². The standard InChI is InChI=1S/C13H26N2O2/c1-10-6-5-8-14-11(10)7-9-15-12(16)17-13(2,3)4/h10-11,14H,5-9H2,1-4H3,(H,15,16). The number of ether oxygens (including phenoxy) is 1. The summed E-state index contributed by atoms with van der Waals surface area (Å²) in [5.41, 5.74) is -0.416. The first-order valence-corrected chi connectivity index (χ1v) is 6.59. The average Bonchev–Trinajstić information content (AvgIpc) is 2.18. The van der Waals surface area contributed by atoms with Gasteiger partial charge in [-0.3, -0.25) is 0 Å². The van der Waals surface area contributed by atoms with Crippen LogP contribution in [0.5, 0.6) is 0 Å². The van der Waals surface area contributed by atoms with Crippen LogP contribution >= 0.6 is 0 Å². The number of carbonyl (C=O) groups excluding carboxylic acids is 1. The maximum Gasteiger partial charge on any atom is 0.407 e. The van der Waals surface area contributed by atoms with Gasteiger partial charge in [0, 0.05) is 12.6 Å². The van der Waals surface area contributed by atoms with Crippen LogP contribution in [-0.2, 0) is 4.74 Å². The van der Waals surface area contributed by atoms with Gasteiger partial charge in [0.2, 0.25) is 0 Å². The molecule has 1 saturated heterocycles. The smallest absolute Gasteiger partial charge is 0.407 e. The highest BCUT2D eigenvalue weighted by Crippen LogP contribution is 2.17. The van der Waals surface area contributed by atoms with E-state index in [4.69, 9.17) is 4.74 Å². The fraction of sp³-hybridized carbons (Fsp3) is 0.923. The Balaban J connectivity index is 2.16. The first-order valence-electron chi connectivity index (χ1n) is 6.59. The molecule has 4 heteroatoms. The van der Waals surface area contributed by atoms with Crippen molar-refractivity contribution in [3.05, 3.63) is 0 Å². The fourth-order valence-electron chi connectivity index (χ4n) is 2.14. The molecule has 0 aliphatic carbocycles. The van der Waals surface area contributed by atoms with Crippen molar-refractivity contribution in [2.75, 3.05) is 13.1 Å². The molecule has 4 nitrogen and oxygen atoms in total. The molecule has 0 radical (unpaired) electrons. The van der Waals surface area contributed by atoms with Crippen LogP contribution in [0.25, 0.3) is 0 Å². The van der Waals surface area contributed by atoms with Crippen LogP contribution in [0.1, 0.15) is 47.0 Å². The Morgan fingerprint density at radius 1 is 1.47 bits per heavy atom. The molecule has 1 amide bonds. The van der Waals surface area contributed by atoms with Gasteiger partial charge in [0.1, 0.15) is 5.60 Å². The van der Waals surface area contributed by atoms with Crippen LogP contribution in [0.3, 0.4) is 0 Å². The second-order valence-corrected chi connectivity index (χ2v) is 5.90. The molecule has 0 aromatic heterocycles. The van der Waals surface area contributed by atoms with Crippen molar-refractivity contribution < 1.29 is 9.53 Å².